The minimum atomic E-state index is 0.275. The molecule has 2 atom stereocenters. The number of rotatable bonds is 3. The Morgan fingerprint density at radius 2 is 1.94 bits per heavy atom. The van der Waals surface area contributed by atoms with Gasteiger partial charge in [0, 0.05) is 12.3 Å². The molecule has 0 bridgehead atoms. The van der Waals surface area contributed by atoms with Crippen LogP contribution in [0.3, 0.4) is 0 Å². The van der Waals surface area contributed by atoms with Gasteiger partial charge in [0.1, 0.15) is 0 Å². The first-order valence-corrected chi connectivity index (χ1v) is 6.18. The molecule has 0 aliphatic carbocycles. The Morgan fingerprint density at radius 1 is 1.22 bits per heavy atom. The van der Waals surface area contributed by atoms with Crippen molar-refractivity contribution in [3.05, 3.63) is 36.7 Å². The molecule has 1 N–H and O–H groups in total. The third kappa shape index (κ3) is 2.22. The number of hydrogen-bond acceptors (Lipinski definition) is 4. The number of anilines is 1. The summed E-state index contributed by atoms with van der Waals surface area (Å²) in [4.78, 5) is 1.60. The van der Waals surface area contributed by atoms with Crippen molar-refractivity contribution in [2.75, 3.05) is 11.9 Å². The van der Waals surface area contributed by atoms with Crippen LogP contribution in [0.25, 0.3) is 5.69 Å². The number of aromatic nitrogens is 3. The summed E-state index contributed by atoms with van der Waals surface area (Å²) in [5.74, 6) is 0. The zero-order valence-electron chi connectivity index (χ0n) is 10.3. The van der Waals surface area contributed by atoms with Crippen molar-refractivity contribution in [2.24, 2.45) is 0 Å². The number of nitrogens with one attached hydrogen (secondary N) is 1. The van der Waals surface area contributed by atoms with E-state index in [-0.39, 0.29) is 6.10 Å². The van der Waals surface area contributed by atoms with Crippen LogP contribution in [-0.4, -0.2) is 33.7 Å². The van der Waals surface area contributed by atoms with Gasteiger partial charge in [0.2, 0.25) is 0 Å². The van der Waals surface area contributed by atoms with Crippen LogP contribution in [0.2, 0.25) is 0 Å². The zero-order chi connectivity index (χ0) is 12.4. The Balaban J connectivity index is 1.71. The van der Waals surface area contributed by atoms with Gasteiger partial charge in [-0.25, -0.2) is 0 Å². The van der Waals surface area contributed by atoms with Crippen LogP contribution in [-0.2, 0) is 4.74 Å². The van der Waals surface area contributed by atoms with E-state index in [9.17, 15) is 0 Å². The largest absolute Gasteiger partial charge is 0.380 e. The molecule has 1 aliphatic rings. The molecule has 0 spiro atoms. The highest BCUT2D eigenvalue weighted by Gasteiger charge is 2.23. The maximum Gasteiger partial charge on any atom is 0.0858 e. The van der Waals surface area contributed by atoms with E-state index in [4.69, 9.17) is 4.74 Å². The van der Waals surface area contributed by atoms with Crippen molar-refractivity contribution in [2.45, 2.75) is 25.5 Å². The van der Waals surface area contributed by atoms with Crippen molar-refractivity contribution >= 4 is 5.69 Å². The normalized spacial score (nSPS) is 23.2. The van der Waals surface area contributed by atoms with E-state index in [0.717, 1.165) is 24.4 Å². The molecular weight excluding hydrogens is 228 g/mol. The molecule has 3 rings (SSSR count). The van der Waals surface area contributed by atoms with E-state index in [1.165, 1.54) is 0 Å². The maximum atomic E-state index is 5.53. The topological polar surface area (TPSA) is 52.0 Å². The minimum Gasteiger partial charge on any atom is -0.380 e. The van der Waals surface area contributed by atoms with Crippen LogP contribution >= 0.6 is 0 Å². The first-order valence-electron chi connectivity index (χ1n) is 6.18. The van der Waals surface area contributed by atoms with Crippen LogP contribution in [0.15, 0.2) is 36.7 Å². The summed E-state index contributed by atoms with van der Waals surface area (Å²) in [6, 6.07) is 8.50. The monoisotopic (exact) mass is 244 g/mol. The van der Waals surface area contributed by atoms with Gasteiger partial charge in [-0.15, -0.1) is 0 Å². The van der Waals surface area contributed by atoms with Crippen LogP contribution in [0, 0.1) is 0 Å². The summed E-state index contributed by atoms with van der Waals surface area (Å²) in [7, 11) is 0. The number of benzene rings is 1. The van der Waals surface area contributed by atoms with E-state index in [1.807, 2.05) is 24.3 Å². The molecule has 0 amide bonds. The molecule has 1 aliphatic heterocycles. The van der Waals surface area contributed by atoms with Crippen LogP contribution in [0.5, 0.6) is 0 Å². The third-order valence-electron chi connectivity index (χ3n) is 3.25. The molecule has 94 valence electrons. The summed E-state index contributed by atoms with van der Waals surface area (Å²) >= 11 is 0. The molecule has 0 saturated carbocycles. The van der Waals surface area contributed by atoms with Gasteiger partial charge in [-0.1, -0.05) is 0 Å². The lowest BCUT2D eigenvalue weighted by Gasteiger charge is -2.17. The van der Waals surface area contributed by atoms with E-state index in [0.29, 0.717) is 6.04 Å². The van der Waals surface area contributed by atoms with Gasteiger partial charge in [-0.05, 0) is 37.6 Å². The standard InChI is InChI=1S/C13H16N4O/c1-10-13(6-9-18-10)16-11-2-4-12(5-3-11)17-14-7-8-15-17/h2-5,7-8,10,13,16H,6,9H2,1H3/t10-,13-/m1/s1. The van der Waals surface area contributed by atoms with Gasteiger partial charge >= 0.3 is 0 Å². The zero-order valence-corrected chi connectivity index (χ0v) is 10.3. The lowest BCUT2D eigenvalue weighted by Crippen LogP contribution is -2.26. The van der Waals surface area contributed by atoms with E-state index >= 15 is 0 Å². The van der Waals surface area contributed by atoms with Crippen molar-refractivity contribution in [1.82, 2.24) is 15.0 Å². The fourth-order valence-electron chi connectivity index (χ4n) is 2.18. The Labute approximate surface area is 106 Å². The smallest absolute Gasteiger partial charge is 0.0858 e. The van der Waals surface area contributed by atoms with Crippen LogP contribution < -0.4 is 5.32 Å². The summed E-state index contributed by atoms with van der Waals surface area (Å²) in [6.45, 7) is 2.95. The average Bonchev–Trinajstić information content (AvgIpc) is 3.03. The van der Waals surface area contributed by atoms with Crippen LogP contribution in [0.1, 0.15) is 13.3 Å². The predicted octanol–water partition coefficient (Wildman–Crippen LogP) is 1.86. The van der Waals surface area contributed by atoms with E-state index < -0.39 is 0 Å². The fourth-order valence-corrected chi connectivity index (χ4v) is 2.18. The Bertz CT molecular complexity index is 494. The minimum absolute atomic E-state index is 0.275. The predicted molar refractivity (Wildman–Crippen MR) is 68.8 cm³/mol. The summed E-state index contributed by atoms with van der Waals surface area (Å²) in [5.41, 5.74) is 2.06. The van der Waals surface area contributed by atoms with Gasteiger partial charge in [-0.2, -0.15) is 15.0 Å². The van der Waals surface area contributed by atoms with E-state index in [2.05, 4.69) is 22.4 Å². The summed E-state index contributed by atoms with van der Waals surface area (Å²) < 4.78 is 5.53. The van der Waals surface area contributed by atoms with Gasteiger partial charge in [-0.3, -0.25) is 0 Å². The fraction of sp³-hybridized carbons (Fsp3) is 0.385. The molecule has 1 saturated heterocycles. The first-order chi connectivity index (χ1) is 8.83. The van der Waals surface area contributed by atoms with Crippen molar-refractivity contribution in [3.63, 3.8) is 0 Å². The van der Waals surface area contributed by atoms with Gasteiger partial charge in [0.05, 0.1) is 30.2 Å². The maximum absolute atomic E-state index is 5.53. The summed E-state index contributed by atoms with van der Waals surface area (Å²) in [5, 5.41) is 11.7. The second kappa shape index (κ2) is 4.78. The van der Waals surface area contributed by atoms with E-state index in [1.54, 1.807) is 17.2 Å². The molecule has 5 heteroatoms. The number of nitrogens with zero attached hydrogens (tertiary/aromatic N) is 3. The molecule has 18 heavy (non-hydrogen) atoms. The average molecular weight is 244 g/mol. The second-order valence-electron chi connectivity index (χ2n) is 4.48. The highest BCUT2D eigenvalue weighted by Crippen LogP contribution is 2.19. The van der Waals surface area contributed by atoms with Crippen molar-refractivity contribution < 1.29 is 4.74 Å². The molecular formula is C13H16N4O. The Morgan fingerprint density at radius 3 is 2.56 bits per heavy atom. The van der Waals surface area contributed by atoms with Gasteiger partial charge < -0.3 is 10.1 Å². The number of hydrogen-bond donors (Lipinski definition) is 1. The molecule has 5 nitrogen and oxygen atoms in total. The SMILES string of the molecule is C[C@H]1OCC[C@H]1Nc1ccc(-n2nccn2)cc1. The third-order valence-corrected chi connectivity index (χ3v) is 3.25. The van der Waals surface area contributed by atoms with Gasteiger partial charge in [0.25, 0.3) is 0 Å². The second-order valence-corrected chi connectivity index (χ2v) is 4.48. The molecule has 1 aromatic heterocycles. The lowest BCUT2D eigenvalue weighted by atomic mass is 10.1. The molecule has 1 fully saturated rings. The Hall–Kier alpha value is -1.88. The highest BCUT2D eigenvalue weighted by molar-refractivity contribution is 5.49. The molecule has 0 unspecified atom stereocenters. The molecule has 0 radical (unpaired) electrons. The van der Waals surface area contributed by atoms with Gasteiger partial charge in [0.15, 0.2) is 0 Å². The van der Waals surface area contributed by atoms with Crippen LogP contribution in [0.4, 0.5) is 5.69 Å². The number of ether oxygens (including phenoxy) is 1. The summed E-state index contributed by atoms with van der Waals surface area (Å²) in [6.07, 6.45) is 4.68. The highest BCUT2D eigenvalue weighted by atomic mass is 16.5. The quantitative estimate of drug-likeness (QED) is 0.895. The molecule has 2 aromatic rings. The Kier molecular flexibility index (Phi) is 2.98. The van der Waals surface area contributed by atoms with Crippen molar-refractivity contribution in [3.8, 4) is 5.69 Å². The first kappa shape index (κ1) is 11.2. The molecule has 2 heterocycles. The lowest BCUT2D eigenvalue weighted by molar-refractivity contribution is 0.121. The van der Waals surface area contributed by atoms with Crippen molar-refractivity contribution in [1.29, 1.82) is 0 Å². The molecule has 1 aromatic carbocycles.